The molecular weight excluding hydrogens is 398 g/mol. The molecule has 0 aromatic heterocycles. The monoisotopic (exact) mass is 415 g/mol. The van der Waals surface area contributed by atoms with Crippen LogP contribution in [0.5, 0.6) is 0 Å². The molecule has 0 aromatic carbocycles. The number of allylic oxidation sites excluding steroid dienone is 4. The second kappa shape index (κ2) is 8.32. The first-order chi connectivity index (χ1) is 6.56. The van der Waals surface area contributed by atoms with E-state index in [4.69, 9.17) is 17.2 Å². The van der Waals surface area contributed by atoms with Gasteiger partial charge in [0.2, 0.25) is 0 Å². The van der Waals surface area contributed by atoms with Crippen molar-refractivity contribution >= 4 is 26.0 Å². The van der Waals surface area contributed by atoms with Crippen molar-refractivity contribution < 1.29 is 20.5 Å². The van der Waals surface area contributed by atoms with Gasteiger partial charge in [0.05, 0.1) is 8.80 Å². The summed E-state index contributed by atoms with van der Waals surface area (Å²) in [6, 6.07) is 0. The molecule has 79 valence electrons. The fraction of sp³-hybridized carbons (Fsp3) is 0.600. The van der Waals surface area contributed by atoms with Crippen molar-refractivity contribution in [3.63, 3.8) is 0 Å². The summed E-state index contributed by atoms with van der Waals surface area (Å²) in [5, 5.41) is 0. The van der Waals surface area contributed by atoms with Gasteiger partial charge in [0.15, 0.2) is 0 Å². The van der Waals surface area contributed by atoms with E-state index >= 15 is 0 Å². The second-order valence-electron chi connectivity index (χ2n) is 3.61. The first-order valence-electron chi connectivity index (χ1n) is 4.72. The predicted molar refractivity (Wildman–Crippen MR) is 65.1 cm³/mol. The molecule has 4 heteroatoms. The quantitative estimate of drug-likeness (QED) is 0.570. The topological polar surface area (TPSA) is 0 Å². The summed E-state index contributed by atoms with van der Waals surface area (Å²) >= 11 is -0.972. The van der Waals surface area contributed by atoms with E-state index in [0.29, 0.717) is 0 Å². The molecular formula is C10H17Cl2HfSi. The summed E-state index contributed by atoms with van der Waals surface area (Å²) in [5.74, 6) is 0. The Morgan fingerprint density at radius 3 is 2.14 bits per heavy atom. The molecule has 0 heterocycles. The first kappa shape index (κ1) is 15.1. The van der Waals surface area contributed by atoms with Crippen molar-refractivity contribution in [2.75, 3.05) is 0 Å². The molecule has 0 aliphatic heterocycles. The van der Waals surface area contributed by atoms with Gasteiger partial charge in [-0.15, -0.1) is 0 Å². The van der Waals surface area contributed by atoms with E-state index in [1.807, 2.05) is 0 Å². The minimum absolute atomic E-state index is 0.148. The molecule has 0 nitrogen and oxygen atoms in total. The molecule has 0 amide bonds. The fourth-order valence-corrected chi connectivity index (χ4v) is 3.16. The van der Waals surface area contributed by atoms with E-state index in [0.717, 1.165) is 5.54 Å². The van der Waals surface area contributed by atoms with Crippen molar-refractivity contribution in [3.8, 4) is 0 Å². The Morgan fingerprint density at radius 2 is 1.93 bits per heavy atom. The van der Waals surface area contributed by atoms with Gasteiger partial charge >= 0.3 is 37.7 Å². The van der Waals surface area contributed by atoms with Crippen LogP contribution in [0.2, 0.25) is 18.6 Å². The number of halogens is 2. The van der Waals surface area contributed by atoms with Crippen LogP contribution in [-0.2, 0) is 20.5 Å². The van der Waals surface area contributed by atoms with E-state index < -0.39 is 20.5 Å². The van der Waals surface area contributed by atoms with Gasteiger partial charge in [0.25, 0.3) is 0 Å². The molecule has 1 unspecified atom stereocenters. The van der Waals surface area contributed by atoms with E-state index in [2.05, 4.69) is 39.1 Å². The molecule has 1 radical (unpaired) electrons. The maximum atomic E-state index is 4.96. The predicted octanol–water partition coefficient (Wildman–Crippen LogP) is 4.78. The molecule has 0 aromatic rings. The summed E-state index contributed by atoms with van der Waals surface area (Å²) < 4.78 is 0. The zero-order chi connectivity index (χ0) is 11.1. The molecule has 0 fully saturated rings. The number of hydrogen-bond donors (Lipinski definition) is 0. The van der Waals surface area contributed by atoms with Gasteiger partial charge in [-0.2, -0.15) is 0 Å². The van der Waals surface area contributed by atoms with Crippen LogP contribution in [0.4, 0.5) is 0 Å². The maximum absolute atomic E-state index is 4.96. The Bertz CT molecular complexity index is 224. The molecule has 14 heavy (non-hydrogen) atoms. The Balaban J connectivity index is 0.000000500. The first-order valence-corrected chi connectivity index (χ1v) is 16.2. The average Bonchev–Trinajstić information content (AvgIpc) is 2.48. The molecule has 0 bridgehead atoms. The van der Waals surface area contributed by atoms with Crippen molar-refractivity contribution in [1.82, 2.24) is 0 Å². The molecule has 1 aliphatic rings. The van der Waals surface area contributed by atoms with Gasteiger partial charge in [0.1, 0.15) is 0 Å². The van der Waals surface area contributed by atoms with Crippen molar-refractivity contribution in [2.24, 2.45) is 0 Å². The van der Waals surface area contributed by atoms with Crippen LogP contribution in [-0.4, -0.2) is 8.80 Å². The fourth-order valence-electron chi connectivity index (χ4n) is 1.62. The second-order valence-corrected chi connectivity index (χ2v) is 11.6. The Hall–Kier alpha value is 1.15. The van der Waals surface area contributed by atoms with Gasteiger partial charge < -0.3 is 0 Å². The third-order valence-corrected chi connectivity index (χ3v) is 4.18. The third kappa shape index (κ3) is 5.29. The van der Waals surface area contributed by atoms with E-state index in [9.17, 15) is 0 Å². The zero-order valence-corrected chi connectivity index (χ0v) is 15.3. The molecule has 1 atom stereocenters. The number of rotatable bonds is 2. The van der Waals surface area contributed by atoms with Gasteiger partial charge in [-0.1, -0.05) is 43.3 Å². The van der Waals surface area contributed by atoms with Gasteiger partial charge in [0, 0.05) is 0 Å². The zero-order valence-electron chi connectivity index (χ0n) is 9.20. The Kier molecular flexibility index (Phi) is 9.00. The molecule has 0 spiro atoms. The van der Waals surface area contributed by atoms with Crippen molar-refractivity contribution in [2.45, 2.75) is 38.9 Å². The van der Waals surface area contributed by atoms with Gasteiger partial charge in [-0.25, -0.2) is 0 Å². The van der Waals surface area contributed by atoms with Gasteiger partial charge in [-0.3, -0.25) is 0 Å². The molecule has 1 rings (SSSR count). The summed E-state index contributed by atoms with van der Waals surface area (Å²) in [7, 11) is 9.77. The summed E-state index contributed by atoms with van der Waals surface area (Å²) in [5.41, 5.74) is 3.94. The SMILES string of the molecule is CCC1=CC([Si](C)C)C(C)=C1.[Cl][Hf][Cl]. The molecule has 0 saturated carbocycles. The van der Waals surface area contributed by atoms with Crippen molar-refractivity contribution in [3.05, 3.63) is 23.3 Å². The van der Waals surface area contributed by atoms with Crippen LogP contribution >= 0.6 is 17.2 Å². The summed E-state index contributed by atoms with van der Waals surface area (Å²) in [6.45, 7) is 9.28. The molecule has 1 aliphatic carbocycles. The average molecular weight is 415 g/mol. The van der Waals surface area contributed by atoms with E-state index in [1.54, 1.807) is 11.1 Å². The standard InChI is InChI=1S/C10H17Si.2ClH.Hf/c1-5-9-6-8(2)10(7-9)11(3)4;;;/h6-7,10H,5H2,1-4H3;2*1H;/q;;;+2/p-2. The van der Waals surface area contributed by atoms with Crippen LogP contribution in [0.25, 0.3) is 0 Å². The van der Waals surface area contributed by atoms with Crippen LogP contribution in [0.15, 0.2) is 23.3 Å². The van der Waals surface area contributed by atoms with Crippen LogP contribution in [0, 0.1) is 0 Å². The van der Waals surface area contributed by atoms with E-state index in [-0.39, 0.29) is 8.80 Å². The Labute approximate surface area is 108 Å². The van der Waals surface area contributed by atoms with Crippen LogP contribution < -0.4 is 0 Å². The minimum atomic E-state index is -0.972. The van der Waals surface area contributed by atoms with Crippen LogP contribution in [0.3, 0.4) is 0 Å². The molecule has 0 N–H and O–H groups in total. The van der Waals surface area contributed by atoms with E-state index in [1.165, 1.54) is 6.42 Å². The number of hydrogen-bond acceptors (Lipinski definition) is 0. The van der Waals surface area contributed by atoms with Crippen LogP contribution in [0.1, 0.15) is 20.3 Å². The normalized spacial score (nSPS) is 19.8. The van der Waals surface area contributed by atoms with Crippen molar-refractivity contribution in [1.29, 1.82) is 0 Å². The van der Waals surface area contributed by atoms with Gasteiger partial charge in [-0.05, 0) is 18.9 Å². The summed E-state index contributed by atoms with van der Waals surface area (Å²) in [6.07, 6.45) is 6.02. The molecule has 0 saturated heterocycles. The Morgan fingerprint density at radius 1 is 1.43 bits per heavy atom. The third-order valence-electron chi connectivity index (χ3n) is 2.31. The summed E-state index contributed by atoms with van der Waals surface area (Å²) in [4.78, 5) is 0.